The first-order chi connectivity index (χ1) is 5.52. The van der Waals surface area contributed by atoms with Crippen molar-refractivity contribution in [3.8, 4) is 0 Å². The zero-order valence-electron chi connectivity index (χ0n) is 7.00. The van der Waals surface area contributed by atoms with E-state index < -0.39 is 17.8 Å². The molecule has 1 unspecified atom stereocenters. The first-order valence-corrected chi connectivity index (χ1v) is 3.87. The molecule has 0 aromatic heterocycles. The van der Waals surface area contributed by atoms with Gasteiger partial charge in [0.15, 0.2) is 11.9 Å². The van der Waals surface area contributed by atoms with Crippen molar-refractivity contribution in [2.24, 2.45) is 0 Å². The maximum atomic E-state index is 12.9. The van der Waals surface area contributed by atoms with Crippen LogP contribution in [-0.4, -0.2) is 22.7 Å². The summed E-state index contributed by atoms with van der Waals surface area (Å²) in [6, 6.07) is 0. The quantitative estimate of drug-likeness (QED) is 0.547. The Balaban J connectivity index is 2.36. The minimum Gasteiger partial charge on any atom is -0.474 e. The highest BCUT2D eigenvalue weighted by atomic mass is 19.1. The molecule has 0 aromatic carbocycles. The van der Waals surface area contributed by atoms with Crippen molar-refractivity contribution in [3.63, 3.8) is 0 Å². The molecule has 0 N–H and O–H groups in total. The van der Waals surface area contributed by atoms with Gasteiger partial charge in [-0.05, 0) is 13.8 Å². The van der Waals surface area contributed by atoms with Crippen molar-refractivity contribution < 1.29 is 13.9 Å². The summed E-state index contributed by atoms with van der Waals surface area (Å²) in [6.07, 6.45) is 0.249. The summed E-state index contributed by atoms with van der Waals surface area (Å²) >= 11 is 0. The summed E-state index contributed by atoms with van der Waals surface area (Å²) < 4.78 is 18.1. The van der Waals surface area contributed by atoms with Crippen molar-refractivity contribution in [2.75, 3.05) is 0 Å². The number of fused-ring (bicyclic) bond motifs is 1. The van der Waals surface area contributed by atoms with Gasteiger partial charge in [-0.25, -0.2) is 4.39 Å². The van der Waals surface area contributed by atoms with E-state index in [2.05, 4.69) is 0 Å². The van der Waals surface area contributed by atoms with Gasteiger partial charge < -0.3 is 4.74 Å². The largest absolute Gasteiger partial charge is 0.474 e. The number of halogens is 1. The van der Waals surface area contributed by atoms with Crippen LogP contribution in [0.4, 0.5) is 4.39 Å². The Morgan fingerprint density at radius 1 is 1.75 bits per heavy atom. The number of rotatable bonds is 0. The summed E-state index contributed by atoms with van der Waals surface area (Å²) in [6.45, 7) is 3.48. The van der Waals surface area contributed by atoms with Gasteiger partial charge in [-0.2, -0.15) is 0 Å². The van der Waals surface area contributed by atoms with E-state index >= 15 is 0 Å². The molecule has 0 bridgehead atoms. The Morgan fingerprint density at radius 3 is 3.00 bits per heavy atom. The molecule has 0 spiro atoms. The van der Waals surface area contributed by atoms with Crippen LogP contribution >= 0.6 is 0 Å². The standard InChI is InChI=1S/C8H10FNO2/c1-8(2)10-5(4-12-8)3-6(9)7(10)11/h4,6H,3H2,1-2H3. The van der Waals surface area contributed by atoms with Gasteiger partial charge in [-0.1, -0.05) is 0 Å². The zero-order valence-corrected chi connectivity index (χ0v) is 7.00. The third-order valence-corrected chi connectivity index (χ3v) is 2.19. The van der Waals surface area contributed by atoms with E-state index in [9.17, 15) is 9.18 Å². The molecule has 1 atom stereocenters. The molecule has 2 heterocycles. The lowest BCUT2D eigenvalue weighted by Gasteiger charge is -2.28. The Hall–Kier alpha value is -1.06. The molecule has 2 rings (SSSR count). The molecular weight excluding hydrogens is 161 g/mol. The van der Waals surface area contributed by atoms with E-state index in [0.29, 0.717) is 5.70 Å². The number of amides is 1. The minimum absolute atomic E-state index is 0.155. The molecule has 0 radical (unpaired) electrons. The van der Waals surface area contributed by atoms with Gasteiger partial charge in [0.05, 0.1) is 5.70 Å². The van der Waals surface area contributed by atoms with Crippen molar-refractivity contribution >= 4 is 5.91 Å². The van der Waals surface area contributed by atoms with E-state index in [1.807, 2.05) is 0 Å². The second kappa shape index (κ2) is 2.00. The van der Waals surface area contributed by atoms with Crippen molar-refractivity contribution in [1.29, 1.82) is 0 Å². The maximum Gasteiger partial charge on any atom is 0.264 e. The van der Waals surface area contributed by atoms with Crippen LogP contribution in [0.1, 0.15) is 20.3 Å². The van der Waals surface area contributed by atoms with Crippen molar-refractivity contribution in [3.05, 3.63) is 12.0 Å². The highest BCUT2D eigenvalue weighted by Gasteiger charge is 2.48. The fourth-order valence-electron chi connectivity index (χ4n) is 1.62. The molecule has 12 heavy (non-hydrogen) atoms. The van der Waals surface area contributed by atoms with Crippen molar-refractivity contribution in [1.82, 2.24) is 4.90 Å². The van der Waals surface area contributed by atoms with Crippen LogP contribution in [0.5, 0.6) is 0 Å². The smallest absolute Gasteiger partial charge is 0.264 e. The number of carbonyl (C=O) groups excluding carboxylic acids is 1. The molecule has 0 aromatic rings. The van der Waals surface area contributed by atoms with Crippen LogP contribution in [-0.2, 0) is 9.53 Å². The molecule has 1 saturated heterocycles. The summed E-state index contributed by atoms with van der Waals surface area (Å²) in [5.74, 6) is -0.483. The lowest BCUT2D eigenvalue weighted by molar-refractivity contribution is -0.143. The summed E-state index contributed by atoms with van der Waals surface area (Å²) in [5, 5.41) is 0. The highest BCUT2D eigenvalue weighted by Crippen LogP contribution is 2.38. The Labute approximate surface area is 69.8 Å². The fraction of sp³-hybridized carbons (Fsp3) is 0.625. The van der Waals surface area contributed by atoms with Crippen LogP contribution in [0.25, 0.3) is 0 Å². The van der Waals surface area contributed by atoms with E-state index in [-0.39, 0.29) is 6.42 Å². The van der Waals surface area contributed by atoms with Crippen LogP contribution < -0.4 is 0 Å². The summed E-state index contributed by atoms with van der Waals surface area (Å²) in [4.78, 5) is 12.6. The number of hydrogen-bond donors (Lipinski definition) is 0. The molecule has 2 aliphatic rings. The molecule has 1 amide bonds. The van der Waals surface area contributed by atoms with Crippen LogP contribution in [0.15, 0.2) is 12.0 Å². The Morgan fingerprint density at radius 2 is 2.42 bits per heavy atom. The lowest BCUT2D eigenvalue weighted by atomic mass is 10.3. The minimum atomic E-state index is -1.38. The maximum absolute atomic E-state index is 12.9. The molecule has 1 fully saturated rings. The fourth-order valence-corrected chi connectivity index (χ4v) is 1.62. The highest BCUT2D eigenvalue weighted by molar-refractivity contribution is 5.86. The monoisotopic (exact) mass is 171 g/mol. The molecule has 2 aliphatic heterocycles. The first kappa shape index (κ1) is 7.58. The summed E-state index contributed by atoms with van der Waals surface area (Å²) in [7, 11) is 0. The molecular formula is C8H10FNO2. The van der Waals surface area contributed by atoms with Gasteiger partial charge in [-0.15, -0.1) is 0 Å². The van der Waals surface area contributed by atoms with E-state index in [4.69, 9.17) is 4.74 Å². The predicted octanol–water partition coefficient (Wildman–Crippen LogP) is 1.16. The first-order valence-electron chi connectivity index (χ1n) is 3.87. The van der Waals surface area contributed by atoms with Gasteiger partial charge in [0, 0.05) is 6.42 Å². The molecule has 66 valence electrons. The van der Waals surface area contributed by atoms with E-state index in [0.717, 1.165) is 0 Å². The number of ether oxygens (including phenoxy) is 1. The SMILES string of the molecule is CC1(C)OC=C2CC(F)C(=O)N21. The number of nitrogens with zero attached hydrogens (tertiary/aromatic N) is 1. The lowest BCUT2D eigenvalue weighted by Crippen LogP contribution is -2.42. The molecule has 0 saturated carbocycles. The van der Waals surface area contributed by atoms with Gasteiger partial charge in [0.2, 0.25) is 0 Å². The zero-order chi connectivity index (χ0) is 8.93. The summed E-state index contributed by atoms with van der Waals surface area (Å²) in [5.41, 5.74) is -0.0507. The number of carbonyl (C=O) groups is 1. The molecule has 4 heteroatoms. The van der Waals surface area contributed by atoms with Crippen LogP contribution in [0.2, 0.25) is 0 Å². The predicted molar refractivity (Wildman–Crippen MR) is 39.6 cm³/mol. The van der Waals surface area contributed by atoms with E-state index in [1.54, 1.807) is 13.8 Å². The second-order valence-electron chi connectivity index (χ2n) is 3.52. The molecule has 0 aliphatic carbocycles. The second-order valence-corrected chi connectivity index (χ2v) is 3.52. The Bertz CT molecular complexity index is 272. The van der Waals surface area contributed by atoms with Crippen LogP contribution in [0.3, 0.4) is 0 Å². The molecule has 3 nitrogen and oxygen atoms in total. The van der Waals surface area contributed by atoms with E-state index in [1.165, 1.54) is 11.2 Å². The van der Waals surface area contributed by atoms with Gasteiger partial charge in [-0.3, -0.25) is 9.69 Å². The Kier molecular flexibility index (Phi) is 1.26. The normalized spacial score (nSPS) is 31.6. The number of alkyl halides is 1. The third kappa shape index (κ3) is 0.777. The average Bonchev–Trinajstić information content (AvgIpc) is 2.39. The van der Waals surface area contributed by atoms with Crippen molar-refractivity contribution in [2.45, 2.75) is 32.2 Å². The number of allylic oxidation sites excluding steroid dienone is 1. The van der Waals surface area contributed by atoms with Crippen LogP contribution in [0, 0.1) is 0 Å². The van der Waals surface area contributed by atoms with Gasteiger partial charge in [0.25, 0.3) is 5.91 Å². The van der Waals surface area contributed by atoms with Gasteiger partial charge in [0.1, 0.15) is 6.26 Å². The van der Waals surface area contributed by atoms with Gasteiger partial charge >= 0.3 is 0 Å². The average molecular weight is 171 g/mol. The topological polar surface area (TPSA) is 29.5 Å². The third-order valence-electron chi connectivity index (χ3n) is 2.19. The number of hydrogen-bond acceptors (Lipinski definition) is 2.